The highest BCUT2D eigenvalue weighted by Gasteiger charge is 2.15. The van der Waals surface area contributed by atoms with Crippen LogP contribution in [0.2, 0.25) is 0 Å². The van der Waals surface area contributed by atoms with E-state index in [1.807, 2.05) is 30.3 Å². The predicted octanol–water partition coefficient (Wildman–Crippen LogP) is 5.13. The molecule has 5 heterocycles. The van der Waals surface area contributed by atoms with Crippen LogP contribution in [0, 0.1) is 0 Å². The van der Waals surface area contributed by atoms with E-state index < -0.39 is 0 Å². The third kappa shape index (κ3) is 2.56. The molecule has 0 aliphatic rings. The molecule has 5 aromatic heterocycles. The highest BCUT2D eigenvalue weighted by molar-refractivity contribution is 6.00. The van der Waals surface area contributed by atoms with Gasteiger partial charge in [0.1, 0.15) is 17.0 Å². The molecule has 144 valence electrons. The molecular formula is C23H15N5O2. The van der Waals surface area contributed by atoms with Gasteiger partial charge in [0.15, 0.2) is 0 Å². The van der Waals surface area contributed by atoms with Crippen molar-refractivity contribution in [1.82, 2.24) is 25.1 Å². The number of rotatable bonds is 3. The van der Waals surface area contributed by atoms with E-state index in [9.17, 15) is 5.11 Å². The van der Waals surface area contributed by atoms with E-state index in [1.165, 1.54) is 6.20 Å². The molecule has 0 bridgehead atoms. The van der Waals surface area contributed by atoms with Crippen LogP contribution in [0.25, 0.3) is 55.7 Å². The van der Waals surface area contributed by atoms with Crippen molar-refractivity contribution in [1.29, 1.82) is 0 Å². The highest BCUT2D eigenvalue weighted by Crippen LogP contribution is 2.34. The Labute approximate surface area is 170 Å². The van der Waals surface area contributed by atoms with Gasteiger partial charge in [0, 0.05) is 28.2 Å². The van der Waals surface area contributed by atoms with Gasteiger partial charge >= 0.3 is 0 Å². The van der Waals surface area contributed by atoms with E-state index in [0.717, 1.165) is 50.0 Å². The summed E-state index contributed by atoms with van der Waals surface area (Å²) in [6, 6.07) is 15.6. The Morgan fingerprint density at radius 1 is 0.933 bits per heavy atom. The van der Waals surface area contributed by atoms with Crippen LogP contribution < -0.4 is 0 Å². The van der Waals surface area contributed by atoms with E-state index in [1.54, 1.807) is 24.8 Å². The highest BCUT2D eigenvalue weighted by atomic mass is 16.3. The molecule has 6 rings (SSSR count). The number of H-pyrrole nitrogens is 2. The Hall–Kier alpha value is -4.39. The lowest BCUT2D eigenvalue weighted by molar-refractivity contribution is 0.473. The number of hydrogen-bond donors (Lipinski definition) is 3. The summed E-state index contributed by atoms with van der Waals surface area (Å²) in [5, 5.41) is 18.4. The monoisotopic (exact) mass is 393 g/mol. The Kier molecular flexibility index (Phi) is 3.48. The second-order valence-corrected chi connectivity index (χ2v) is 7.06. The molecule has 3 N–H and O–H groups in total. The van der Waals surface area contributed by atoms with Crippen molar-refractivity contribution in [2.45, 2.75) is 0 Å². The lowest BCUT2D eigenvalue weighted by Gasteiger charge is -2.01. The summed E-state index contributed by atoms with van der Waals surface area (Å²) in [6.07, 6.45) is 6.48. The van der Waals surface area contributed by atoms with Gasteiger partial charge in [-0.2, -0.15) is 5.10 Å². The molecule has 0 atom stereocenters. The normalized spacial score (nSPS) is 11.5. The zero-order chi connectivity index (χ0) is 20.1. The molecule has 6 aromatic rings. The predicted molar refractivity (Wildman–Crippen MR) is 114 cm³/mol. The summed E-state index contributed by atoms with van der Waals surface area (Å²) >= 11 is 0. The zero-order valence-corrected chi connectivity index (χ0v) is 15.6. The first-order valence-corrected chi connectivity index (χ1v) is 9.40. The number of aromatic amines is 2. The maximum Gasteiger partial charge on any atom is 0.135 e. The van der Waals surface area contributed by atoms with Gasteiger partial charge in [-0.15, -0.1) is 0 Å². The zero-order valence-electron chi connectivity index (χ0n) is 15.6. The number of aromatic nitrogens is 5. The van der Waals surface area contributed by atoms with Crippen molar-refractivity contribution < 1.29 is 9.52 Å². The molecule has 0 spiro atoms. The van der Waals surface area contributed by atoms with E-state index >= 15 is 0 Å². The lowest BCUT2D eigenvalue weighted by atomic mass is 10.0. The Bertz CT molecular complexity index is 1510. The summed E-state index contributed by atoms with van der Waals surface area (Å²) in [6.45, 7) is 0. The molecule has 0 saturated carbocycles. The van der Waals surface area contributed by atoms with Gasteiger partial charge in [0.25, 0.3) is 0 Å². The first kappa shape index (κ1) is 16.6. The summed E-state index contributed by atoms with van der Waals surface area (Å²) in [7, 11) is 0. The van der Waals surface area contributed by atoms with Crippen molar-refractivity contribution >= 4 is 21.9 Å². The third-order valence-corrected chi connectivity index (χ3v) is 5.18. The fourth-order valence-corrected chi connectivity index (χ4v) is 3.77. The minimum absolute atomic E-state index is 0.101. The van der Waals surface area contributed by atoms with E-state index in [0.29, 0.717) is 5.69 Å². The van der Waals surface area contributed by atoms with Crippen molar-refractivity contribution in [3.05, 3.63) is 73.5 Å². The van der Waals surface area contributed by atoms with Gasteiger partial charge in [-0.1, -0.05) is 12.1 Å². The van der Waals surface area contributed by atoms with Crippen LogP contribution in [0.3, 0.4) is 0 Å². The Balaban J connectivity index is 1.52. The standard InChI is InChI=1S/C23H15N5O2/c29-15-8-14(10-24-11-15)18-4-5-20-22(26-18)23(28-27-20)21-9-17-16(13-6-7-30-12-13)2-1-3-19(17)25-21/h1-12,25,29H,(H,27,28). The second kappa shape index (κ2) is 6.31. The number of pyridine rings is 2. The van der Waals surface area contributed by atoms with E-state index in [4.69, 9.17) is 9.40 Å². The van der Waals surface area contributed by atoms with Gasteiger partial charge in [0.05, 0.1) is 35.6 Å². The molecule has 7 heteroatoms. The molecule has 7 nitrogen and oxygen atoms in total. The minimum Gasteiger partial charge on any atom is -0.506 e. The molecule has 0 radical (unpaired) electrons. The van der Waals surface area contributed by atoms with Crippen molar-refractivity contribution in [3.63, 3.8) is 0 Å². The van der Waals surface area contributed by atoms with Crippen LogP contribution in [0.4, 0.5) is 0 Å². The maximum absolute atomic E-state index is 9.74. The maximum atomic E-state index is 9.74. The third-order valence-electron chi connectivity index (χ3n) is 5.18. The van der Waals surface area contributed by atoms with Crippen LogP contribution in [-0.2, 0) is 0 Å². The number of benzene rings is 1. The van der Waals surface area contributed by atoms with Gasteiger partial charge in [-0.3, -0.25) is 10.1 Å². The Morgan fingerprint density at radius 2 is 1.90 bits per heavy atom. The minimum atomic E-state index is 0.101. The van der Waals surface area contributed by atoms with Crippen LogP contribution in [0.1, 0.15) is 0 Å². The molecule has 0 saturated heterocycles. The van der Waals surface area contributed by atoms with Crippen molar-refractivity contribution in [3.8, 4) is 39.5 Å². The van der Waals surface area contributed by atoms with Gasteiger partial charge < -0.3 is 14.5 Å². The average Bonchev–Trinajstić information content (AvgIpc) is 3.51. The summed E-state index contributed by atoms with van der Waals surface area (Å²) in [4.78, 5) is 12.3. The average molecular weight is 393 g/mol. The molecule has 0 aliphatic heterocycles. The SMILES string of the molecule is Oc1cncc(-c2ccc3[nH]nc(-c4cc5c(-c6ccoc6)cccc5[nH]4)c3n2)c1. The topological polar surface area (TPSA) is 104 Å². The largest absolute Gasteiger partial charge is 0.506 e. The summed E-state index contributed by atoms with van der Waals surface area (Å²) < 4.78 is 5.26. The number of nitrogens with zero attached hydrogens (tertiary/aromatic N) is 3. The molecule has 30 heavy (non-hydrogen) atoms. The number of fused-ring (bicyclic) bond motifs is 2. The summed E-state index contributed by atoms with van der Waals surface area (Å²) in [5.41, 5.74) is 7.74. The van der Waals surface area contributed by atoms with Gasteiger partial charge in [0.2, 0.25) is 0 Å². The first-order valence-electron chi connectivity index (χ1n) is 9.40. The summed E-state index contributed by atoms with van der Waals surface area (Å²) in [5.74, 6) is 0.101. The fourth-order valence-electron chi connectivity index (χ4n) is 3.77. The molecule has 0 aliphatic carbocycles. The fraction of sp³-hybridized carbons (Fsp3) is 0. The van der Waals surface area contributed by atoms with Gasteiger partial charge in [-0.05, 0) is 42.0 Å². The molecule has 0 amide bonds. The van der Waals surface area contributed by atoms with Crippen LogP contribution in [0.15, 0.2) is 77.9 Å². The lowest BCUT2D eigenvalue weighted by Crippen LogP contribution is -1.86. The molecule has 0 fully saturated rings. The van der Waals surface area contributed by atoms with Crippen LogP contribution in [-0.4, -0.2) is 30.3 Å². The number of furan rings is 1. The van der Waals surface area contributed by atoms with Gasteiger partial charge in [-0.25, -0.2) is 4.98 Å². The number of nitrogens with one attached hydrogen (secondary N) is 2. The van der Waals surface area contributed by atoms with Crippen molar-refractivity contribution in [2.24, 2.45) is 0 Å². The quantitative estimate of drug-likeness (QED) is 0.386. The van der Waals surface area contributed by atoms with Crippen LogP contribution in [0.5, 0.6) is 5.75 Å². The van der Waals surface area contributed by atoms with E-state index in [-0.39, 0.29) is 5.75 Å². The molecule has 1 aromatic carbocycles. The smallest absolute Gasteiger partial charge is 0.135 e. The number of hydrogen-bond acceptors (Lipinski definition) is 5. The first-order chi connectivity index (χ1) is 14.8. The number of aromatic hydroxyl groups is 1. The van der Waals surface area contributed by atoms with Crippen molar-refractivity contribution in [2.75, 3.05) is 0 Å². The van der Waals surface area contributed by atoms with Crippen LogP contribution >= 0.6 is 0 Å². The van der Waals surface area contributed by atoms with E-state index in [2.05, 4.69) is 32.3 Å². The molecule has 0 unspecified atom stereocenters. The second-order valence-electron chi connectivity index (χ2n) is 7.06. The Morgan fingerprint density at radius 3 is 2.77 bits per heavy atom. The molecular weight excluding hydrogens is 378 g/mol.